The number of rotatable bonds is 7. The van der Waals surface area contributed by atoms with Crippen molar-refractivity contribution in [1.29, 1.82) is 0 Å². The third-order valence-electron chi connectivity index (χ3n) is 3.38. The van der Waals surface area contributed by atoms with Gasteiger partial charge >= 0.3 is 12.4 Å². The summed E-state index contributed by atoms with van der Waals surface area (Å²) in [5.74, 6) is -1.85. The molecule has 170 valence electrons. The van der Waals surface area contributed by atoms with E-state index in [9.17, 15) is 34.8 Å². The average Bonchev–Trinajstić information content (AvgIpc) is 3.11. The summed E-state index contributed by atoms with van der Waals surface area (Å²) in [6.45, 7) is -4.05. The van der Waals surface area contributed by atoms with Crippen molar-refractivity contribution >= 4 is 15.7 Å². The van der Waals surface area contributed by atoms with Gasteiger partial charge in [-0.15, -0.1) is 0 Å². The van der Waals surface area contributed by atoms with E-state index in [1.165, 1.54) is 18.2 Å². The maximum Gasteiger partial charge on any atom is 0.422 e. The standard InChI is InChI=1S/C15H11F6N3O6S/c16-14(17,18)4-27-12-11(13(23-6-22-12)28-5-15(19,20)21)31(25,26)24-8-1-2-9-10(3-8)30-7-29-9/h1-3,6,24H,4-5,7H2. The average molecular weight is 475 g/mol. The first kappa shape index (κ1) is 22.5. The molecule has 0 atom stereocenters. The number of halogens is 6. The number of fused-ring (bicyclic) bond motifs is 1. The fourth-order valence-corrected chi connectivity index (χ4v) is 3.47. The number of ether oxygens (including phenoxy) is 4. The highest BCUT2D eigenvalue weighted by molar-refractivity contribution is 7.93. The lowest BCUT2D eigenvalue weighted by molar-refractivity contribution is -0.155. The SMILES string of the molecule is O=S(=O)(Nc1ccc2c(c1)OCO2)c1c(OCC(F)(F)F)ncnc1OCC(F)(F)F. The Morgan fingerprint density at radius 3 is 2.03 bits per heavy atom. The molecule has 1 aliphatic rings. The molecular formula is C15H11F6N3O6S. The van der Waals surface area contributed by atoms with Crippen molar-refractivity contribution in [3.05, 3.63) is 24.5 Å². The van der Waals surface area contributed by atoms with Gasteiger partial charge in [0, 0.05) is 6.07 Å². The third kappa shape index (κ3) is 5.93. The van der Waals surface area contributed by atoms with Gasteiger partial charge in [-0.1, -0.05) is 0 Å². The van der Waals surface area contributed by atoms with Gasteiger partial charge in [-0.05, 0) is 12.1 Å². The highest BCUT2D eigenvalue weighted by Gasteiger charge is 2.35. The second-order valence-corrected chi connectivity index (χ2v) is 7.41. The minimum atomic E-state index is -4.89. The van der Waals surface area contributed by atoms with Crippen molar-refractivity contribution in [2.75, 3.05) is 24.7 Å². The van der Waals surface area contributed by atoms with Crippen LogP contribution in [-0.4, -0.2) is 50.7 Å². The van der Waals surface area contributed by atoms with Crippen molar-refractivity contribution in [3.63, 3.8) is 0 Å². The Morgan fingerprint density at radius 2 is 1.48 bits per heavy atom. The van der Waals surface area contributed by atoms with Crippen molar-refractivity contribution in [1.82, 2.24) is 9.97 Å². The molecule has 0 amide bonds. The van der Waals surface area contributed by atoms with Crippen LogP contribution in [0.1, 0.15) is 0 Å². The molecule has 0 bridgehead atoms. The van der Waals surface area contributed by atoms with E-state index in [0.717, 1.165) is 0 Å². The summed E-state index contributed by atoms with van der Waals surface area (Å²) >= 11 is 0. The number of hydrogen-bond donors (Lipinski definition) is 1. The molecular weight excluding hydrogens is 464 g/mol. The van der Waals surface area contributed by atoms with Crippen LogP contribution >= 0.6 is 0 Å². The van der Waals surface area contributed by atoms with Crippen LogP contribution in [-0.2, 0) is 10.0 Å². The van der Waals surface area contributed by atoms with Crippen molar-refractivity contribution in [2.45, 2.75) is 17.2 Å². The Labute approximate surface area is 170 Å². The normalized spacial score (nSPS) is 13.7. The highest BCUT2D eigenvalue weighted by atomic mass is 32.2. The van der Waals surface area contributed by atoms with Crippen LogP contribution in [0.3, 0.4) is 0 Å². The predicted molar refractivity (Wildman–Crippen MR) is 88.5 cm³/mol. The van der Waals surface area contributed by atoms with Gasteiger partial charge in [-0.2, -0.15) is 26.3 Å². The van der Waals surface area contributed by atoms with E-state index in [4.69, 9.17) is 9.47 Å². The number of sulfonamides is 1. The second-order valence-electron chi connectivity index (χ2n) is 5.79. The van der Waals surface area contributed by atoms with Crippen molar-refractivity contribution in [2.24, 2.45) is 0 Å². The summed E-state index contributed by atoms with van der Waals surface area (Å²) in [6, 6.07) is 3.75. The maximum absolute atomic E-state index is 12.8. The highest BCUT2D eigenvalue weighted by Crippen LogP contribution is 2.37. The predicted octanol–water partition coefficient (Wildman–Crippen LogP) is 2.89. The van der Waals surface area contributed by atoms with E-state index in [0.29, 0.717) is 12.1 Å². The van der Waals surface area contributed by atoms with Crippen molar-refractivity contribution in [3.8, 4) is 23.3 Å². The first-order valence-electron chi connectivity index (χ1n) is 8.01. The van der Waals surface area contributed by atoms with Crippen LogP contribution in [0.5, 0.6) is 23.3 Å². The zero-order chi connectivity index (χ0) is 22.9. The van der Waals surface area contributed by atoms with Gasteiger partial charge in [0.2, 0.25) is 23.4 Å². The van der Waals surface area contributed by atoms with Crippen LogP contribution in [0, 0.1) is 0 Å². The van der Waals surface area contributed by atoms with Crippen molar-refractivity contribution < 1.29 is 53.7 Å². The third-order valence-corrected chi connectivity index (χ3v) is 4.77. The molecule has 0 spiro atoms. The van der Waals surface area contributed by atoms with Crippen LogP contribution in [0.25, 0.3) is 0 Å². The summed E-state index contributed by atoms with van der Waals surface area (Å²) < 4.78 is 122. The monoisotopic (exact) mass is 475 g/mol. The van der Waals surface area contributed by atoms with Gasteiger partial charge in [-0.25, -0.2) is 18.4 Å². The molecule has 16 heteroatoms. The molecule has 3 rings (SSSR count). The number of nitrogens with one attached hydrogen (secondary N) is 1. The lowest BCUT2D eigenvalue weighted by atomic mass is 10.3. The number of anilines is 1. The molecule has 1 aliphatic heterocycles. The Kier molecular flexibility index (Phi) is 5.93. The molecule has 0 saturated heterocycles. The van der Waals surface area contributed by atoms with Gasteiger partial charge < -0.3 is 18.9 Å². The number of nitrogens with zero attached hydrogens (tertiary/aromatic N) is 2. The molecule has 31 heavy (non-hydrogen) atoms. The molecule has 1 aromatic heterocycles. The lowest BCUT2D eigenvalue weighted by Gasteiger charge is -2.16. The van der Waals surface area contributed by atoms with E-state index in [-0.39, 0.29) is 18.2 Å². The Balaban J connectivity index is 1.97. The largest absolute Gasteiger partial charge is 0.467 e. The lowest BCUT2D eigenvalue weighted by Crippen LogP contribution is -2.24. The molecule has 0 saturated carbocycles. The van der Waals surface area contributed by atoms with E-state index in [1.54, 1.807) is 0 Å². The van der Waals surface area contributed by atoms with Gasteiger partial charge in [0.05, 0.1) is 5.69 Å². The molecule has 0 fully saturated rings. The molecule has 0 aliphatic carbocycles. The van der Waals surface area contributed by atoms with Gasteiger partial charge in [0.15, 0.2) is 24.7 Å². The molecule has 0 radical (unpaired) electrons. The smallest absolute Gasteiger partial charge is 0.422 e. The van der Waals surface area contributed by atoms with Gasteiger partial charge in [0.25, 0.3) is 10.0 Å². The fourth-order valence-electron chi connectivity index (χ4n) is 2.24. The minimum Gasteiger partial charge on any atom is -0.467 e. The van der Waals surface area contributed by atoms with Crippen LogP contribution < -0.4 is 23.7 Å². The van der Waals surface area contributed by atoms with E-state index in [1.807, 2.05) is 4.72 Å². The van der Waals surface area contributed by atoms with E-state index in [2.05, 4.69) is 19.4 Å². The molecule has 1 N–H and O–H groups in total. The Morgan fingerprint density at radius 1 is 0.935 bits per heavy atom. The van der Waals surface area contributed by atoms with Crippen LogP contribution in [0.2, 0.25) is 0 Å². The Bertz CT molecular complexity index is 1020. The van der Waals surface area contributed by atoms with Gasteiger partial charge in [-0.3, -0.25) is 4.72 Å². The fraction of sp³-hybridized carbons (Fsp3) is 0.333. The number of alkyl halides is 6. The topological polar surface area (TPSA) is 109 Å². The summed E-state index contributed by atoms with van der Waals surface area (Å²) in [5, 5.41) is 0. The second kappa shape index (κ2) is 8.16. The summed E-state index contributed by atoms with van der Waals surface area (Å²) in [5.41, 5.74) is -0.142. The van der Waals surface area contributed by atoms with Crippen LogP contribution in [0.15, 0.2) is 29.4 Å². The minimum absolute atomic E-state index is 0.122. The quantitative estimate of drug-likeness (QED) is 0.609. The van der Waals surface area contributed by atoms with Gasteiger partial charge in [0.1, 0.15) is 6.33 Å². The summed E-state index contributed by atoms with van der Waals surface area (Å²) in [6.07, 6.45) is -9.27. The summed E-state index contributed by atoms with van der Waals surface area (Å²) in [4.78, 5) is 5.34. The molecule has 0 unspecified atom stereocenters. The maximum atomic E-state index is 12.8. The number of hydrogen-bond acceptors (Lipinski definition) is 8. The molecule has 2 aromatic rings. The molecule has 2 heterocycles. The zero-order valence-corrected chi connectivity index (χ0v) is 15.8. The number of benzene rings is 1. The van der Waals surface area contributed by atoms with E-state index < -0.39 is 52.2 Å². The Hall–Kier alpha value is -3.17. The molecule has 9 nitrogen and oxygen atoms in total. The molecule has 1 aromatic carbocycles. The first-order chi connectivity index (χ1) is 14.3. The number of aromatic nitrogens is 2. The van der Waals surface area contributed by atoms with E-state index >= 15 is 0 Å². The summed E-state index contributed by atoms with van der Waals surface area (Å²) in [7, 11) is -4.88. The zero-order valence-electron chi connectivity index (χ0n) is 15.0. The first-order valence-corrected chi connectivity index (χ1v) is 9.49. The van der Waals surface area contributed by atoms with Crippen LogP contribution in [0.4, 0.5) is 32.0 Å².